The molecular formula is C12H19N3. The van der Waals surface area contributed by atoms with E-state index in [1.807, 2.05) is 13.0 Å². The van der Waals surface area contributed by atoms with Crippen LogP contribution in [0.3, 0.4) is 0 Å². The highest BCUT2D eigenvalue weighted by atomic mass is 15.1. The lowest BCUT2D eigenvalue weighted by Crippen LogP contribution is -2.30. The Morgan fingerprint density at radius 2 is 2.20 bits per heavy atom. The topological polar surface area (TPSA) is 42.1 Å². The van der Waals surface area contributed by atoms with E-state index in [0.29, 0.717) is 11.9 Å². The highest BCUT2D eigenvalue weighted by Crippen LogP contribution is 2.30. The molecule has 2 heterocycles. The zero-order valence-corrected chi connectivity index (χ0v) is 9.53. The summed E-state index contributed by atoms with van der Waals surface area (Å²) in [5.74, 6) is 0.620. The molecule has 0 aliphatic carbocycles. The minimum absolute atomic E-state index is 0.534. The standard InChI is InChI=1S/C12H19N3/c1-9-10(6-7-12(13)14-9)11-5-3-4-8-15(11)2/h6-7,11H,3-5,8H2,1-2H3,(H2,13,14)/t11-/m0/s1. The van der Waals surface area contributed by atoms with Crippen LogP contribution >= 0.6 is 0 Å². The fourth-order valence-electron chi connectivity index (χ4n) is 2.41. The van der Waals surface area contributed by atoms with Gasteiger partial charge >= 0.3 is 0 Å². The van der Waals surface area contributed by atoms with Crippen LogP contribution in [0.4, 0.5) is 5.82 Å². The lowest BCUT2D eigenvalue weighted by molar-refractivity contribution is 0.186. The molecule has 0 unspecified atom stereocenters. The Bertz CT molecular complexity index is 349. The molecule has 1 saturated heterocycles. The molecule has 3 nitrogen and oxygen atoms in total. The summed E-state index contributed by atoms with van der Waals surface area (Å²) in [5.41, 5.74) is 8.08. The third-order valence-corrected chi connectivity index (χ3v) is 3.28. The summed E-state index contributed by atoms with van der Waals surface area (Å²) in [4.78, 5) is 6.75. The molecule has 1 fully saturated rings. The molecule has 3 heteroatoms. The molecule has 0 saturated carbocycles. The van der Waals surface area contributed by atoms with Gasteiger partial charge in [0, 0.05) is 11.7 Å². The quantitative estimate of drug-likeness (QED) is 0.763. The molecule has 15 heavy (non-hydrogen) atoms. The lowest BCUT2D eigenvalue weighted by Gasteiger charge is -2.33. The Morgan fingerprint density at radius 1 is 1.40 bits per heavy atom. The Kier molecular flexibility index (Phi) is 2.91. The maximum Gasteiger partial charge on any atom is 0.123 e. The SMILES string of the molecule is Cc1nc(N)ccc1[C@@H]1CCCCN1C. The second-order valence-electron chi connectivity index (χ2n) is 4.40. The van der Waals surface area contributed by atoms with E-state index >= 15 is 0 Å². The molecule has 1 aliphatic rings. The number of aromatic nitrogens is 1. The minimum Gasteiger partial charge on any atom is -0.384 e. The van der Waals surface area contributed by atoms with Gasteiger partial charge in [0.1, 0.15) is 5.82 Å². The molecule has 2 rings (SSSR count). The molecule has 0 amide bonds. The van der Waals surface area contributed by atoms with Gasteiger partial charge in [-0.3, -0.25) is 4.90 Å². The number of piperidine rings is 1. The molecule has 0 aromatic carbocycles. The van der Waals surface area contributed by atoms with Gasteiger partial charge in [-0.2, -0.15) is 0 Å². The van der Waals surface area contributed by atoms with E-state index < -0.39 is 0 Å². The van der Waals surface area contributed by atoms with Crippen LogP contribution in [0.2, 0.25) is 0 Å². The van der Waals surface area contributed by atoms with Gasteiger partial charge in [-0.15, -0.1) is 0 Å². The molecule has 0 radical (unpaired) electrons. The van der Waals surface area contributed by atoms with Crippen molar-refractivity contribution in [2.75, 3.05) is 19.3 Å². The van der Waals surface area contributed by atoms with Crippen molar-refractivity contribution < 1.29 is 0 Å². The first kappa shape index (κ1) is 10.4. The lowest BCUT2D eigenvalue weighted by atomic mass is 9.95. The van der Waals surface area contributed by atoms with Crippen molar-refractivity contribution in [1.29, 1.82) is 0 Å². The van der Waals surface area contributed by atoms with Gasteiger partial charge in [-0.25, -0.2) is 4.98 Å². The first-order chi connectivity index (χ1) is 7.18. The van der Waals surface area contributed by atoms with Crippen molar-refractivity contribution >= 4 is 5.82 Å². The number of pyridine rings is 1. The van der Waals surface area contributed by atoms with Crippen molar-refractivity contribution in [3.05, 3.63) is 23.4 Å². The third-order valence-electron chi connectivity index (χ3n) is 3.28. The summed E-state index contributed by atoms with van der Waals surface area (Å²) in [6, 6.07) is 4.57. The van der Waals surface area contributed by atoms with Crippen LogP contribution in [0.25, 0.3) is 0 Å². The van der Waals surface area contributed by atoms with Crippen molar-refractivity contribution in [2.45, 2.75) is 32.2 Å². The van der Waals surface area contributed by atoms with Gasteiger partial charge in [-0.1, -0.05) is 12.5 Å². The van der Waals surface area contributed by atoms with Crippen LogP contribution in [-0.4, -0.2) is 23.5 Å². The number of nitrogens with two attached hydrogens (primary N) is 1. The Morgan fingerprint density at radius 3 is 2.87 bits per heavy atom. The fraction of sp³-hybridized carbons (Fsp3) is 0.583. The molecule has 0 spiro atoms. The summed E-state index contributed by atoms with van der Waals surface area (Å²) in [5, 5.41) is 0. The van der Waals surface area contributed by atoms with Gasteiger partial charge in [0.15, 0.2) is 0 Å². The van der Waals surface area contributed by atoms with E-state index in [9.17, 15) is 0 Å². The fourth-order valence-corrected chi connectivity index (χ4v) is 2.41. The predicted octanol–water partition coefficient (Wildman–Crippen LogP) is 2.13. The predicted molar refractivity (Wildman–Crippen MR) is 62.6 cm³/mol. The maximum absolute atomic E-state index is 5.67. The Labute approximate surface area is 91.3 Å². The molecule has 1 aliphatic heterocycles. The van der Waals surface area contributed by atoms with Crippen LogP contribution in [0, 0.1) is 6.92 Å². The second-order valence-corrected chi connectivity index (χ2v) is 4.40. The van der Waals surface area contributed by atoms with Crippen LogP contribution < -0.4 is 5.73 Å². The second kappa shape index (κ2) is 4.19. The highest BCUT2D eigenvalue weighted by Gasteiger charge is 2.22. The number of nitrogen functional groups attached to an aromatic ring is 1. The zero-order chi connectivity index (χ0) is 10.8. The van der Waals surface area contributed by atoms with Crippen LogP contribution in [0.1, 0.15) is 36.6 Å². The van der Waals surface area contributed by atoms with Gasteiger partial charge in [0.25, 0.3) is 0 Å². The number of hydrogen-bond donors (Lipinski definition) is 1. The van der Waals surface area contributed by atoms with Crippen LogP contribution in [0.5, 0.6) is 0 Å². The zero-order valence-electron chi connectivity index (χ0n) is 9.53. The molecule has 82 valence electrons. The van der Waals surface area contributed by atoms with Gasteiger partial charge < -0.3 is 5.73 Å². The van der Waals surface area contributed by atoms with E-state index in [2.05, 4.69) is 23.0 Å². The first-order valence-electron chi connectivity index (χ1n) is 5.62. The summed E-state index contributed by atoms with van der Waals surface area (Å²) in [7, 11) is 2.19. The number of rotatable bonds is 1. The molecule has 0 bridgehead atoms. The number of nitrogens with zero attached hydrogens (tertiary/aromatic N) is 2. The molecule has 1 aromatic heterocycles. The van der Waals surface area contributed by atoms with Crippen molar-refractivity contribution in [3.63, 3.8) is 0 Å². The van der Waals surface area contributed by atoms with E-state index in [0.717, 1.165) is 5.69 Å². The average Bonchev–Trinajstić information content (AvgIpc) is 2.20. The largest absolute Gasteiger partial charge is 0.384 e. The van der Waals surface area contributed by atoms with Crippen molar-refractivity contribution in [3.8, 4) is 0 Å². The molecule has 1 atom stereocenters. The number of anilines is 1. The summed E-state index contributed by atoms with van der Waals surface area (Å²) >= 11 is 0. The van der Waals surface area contributed by atoms with E-state index in [-0.39, 0.29) is 0 Å². The summed E-state index contributed by atoms with van der Waals surface area (Å²) < 4.78 is 0. The first-order valence-corrected chi connectivity index (χ1v) is 5.62. The third kappa shape index (κ3) is 2.12. The highest BCUT2D eigenvalue weighted by molar-refractivity contribution is 5.35. The van der Waals surface area contributed by atoms with Crippen molar-refractivity contribution in [2.24, 2.45) is 0 Å². The van der Waals surface area contributed by atoms with Crippen LogP contribution in [-0.2, 0) is 0 Å². The molecular weight excluding hydrogens is 186 g/mol. The summed E-state index contributed by atoms with van der Waals surface area (Å²) in [6.07, 6.45) is 3.87. The van der Waals surface area contributed by atoms with Crippen molar-refractivity contribution in [1.82, 2.24) is 9.88 Å². The number of likely N-dealkylation sites (tertiary alicyclic amines) is 1. The Balaban J connectivity index is 2.27. The van der Waals surface area contributed by atoms with E-state index in [4.69, 9.17) is 5.73 Å². The average molecular weight is 205 g/mol. The normalized spacial score (nSPS) is 22.9. The van der Waals surface area contributed by atoms with E-state index in [1.54, 1.807) is 0 Å². The minimum atomic E-state index is 0.534. The number of aryl methyl sites for hydroxylation is 1. The Hall–Kier alpha value is -1.09. The number of hydrogen-bond acceptors (Lipinski definition) is 3. The van der Waals surface area contributed by atoms with Gasteiger partial charge in [0.05, 0.1) is 0 Å². The molecule has 2 N–H and O–H groups in total. The smallest absolute Gasteiger partial charge is 0.123 e. The maximum atomic E-state index is 5.67. The van der Waals surface area contributed by atoms with Crippen LogP contribution in [0.15, 0.2) is 12.1 Å². The van der Waals surface area contributed by atoms with Gasteiger partial charge in [-0.05, 0) is 45.0 Å². The van der Waals surface area contributed by atoms with Gasteiger partial charge in [0.2, 0.25) is 0 Å². The monoisotopic (exact) mass is 205 g/mol. The summed E-state index contributed by atoms with van der Waals surface area (Å²) in [6.45, 7) is 3.24. The molecule has 1 aromatic rings. The van der Waals surface area contributed by atoms with E-state index in [1.165, 1.54) is 31.4 Å².